The molecular formula is C14H19N5O. The Labute approximate surface area is 118 Å². The first-order valence-corrected chi connectivity index (χ1v) is 6.67. The highest BCUT2D eigenvalue weighted by Crippen LogP contribution is 2.06. The maximum Gasteiger partial charge on any atom is 0.269 e. The number of anilines is 1. The van der Waals surface area contributed by atoms with E-state index in [0.29, 0.717) is 12.2 Å². The molecule has 0 fully saturated rings. The summed E-state index contributed by atoms with van der Waals surface area (Å²) >= 11 is 0. The molecule has 6 heteroatoms. The molecule has 0 spiro atoms. The number of carbonyl (C=O) groups is 1. The molecule has 0 aliphatic rings. The molecule has 0 saturated heterocycles. The van der Waals surface area contributed by atoms with Crippen molar-refractivity contribution in [2.45, 2.75) is 19.4 Å². The van der Waals surface area contributed by atoms with Crippen molar-refractivity contribution in [1.29, 1.82) is 0 Å². The van der Waals surface area contributed by atoms with Crippen LogP contribution in [0.4, 0.5) is 5.69 Å². The fourth-order valence-corrected chi connectivity index (χ4v) is 1.84. The van der Waals surface area contributed by atoms with Gasteiger partial charge in [0.15, 0.2) is 0 Å². The van der Waals surface area contributed by atoms with Gasteiger partial charge < -0.3 is 15.2 Å². The highest BCUT2D eigenvalue weighted by molar-refractivity contribution is 5.93. The Kier molecular flexibility index (Phi) is 5.11. The van der Waals surface area contributed by atoms with Crippen molar-refractivity contribution >= 4 is 11.6 Å². The maximum absolute atomic E-state index is 11.9. The van der Waals surface area contributed by atoms with E-state index < -0.39 is 0 Å². The van der Waals surface area contributed by atoms with E-state index >= 15 is 0 Å². The van der Waals surface area contributed by atoms with E-state index in [1.807, 2.05) is 23.9 Å². The summed E-state index contributed by atoms with van der Waals surface area (Å²) in [6, 6.07) is 3.56. The van der Waals surface area contributed by atoms with Gasteiger partial charge >= 0.3 is 0 Å². The van der Waals surface area contributed by atoms with Crippen molar-refractivity contribution < 1.29 is 4.79 Å². The number of rotatable bonds is 7. The highest BCUT2D eigenvalue weighted by atomic mass is 16.1. The first kappa shape index (κ1) is 14.0. The standard InChI is InChI=1S/C14H19N5O/c1-15-12-4-6-17-13(10-12)14(20)18-5-2-3-8-19-9-7-16-11-19/h4,6-7,9-11H,2-3,5,8H2,1H3,(H,15,17)(H,18,20). The minimum absolute atomic E-state index is 0.135. The number of unbranched alkanes of at least 4 members (excludes halogenated alkanes) is 1. The molecule has 2 aromatic rings. The summed E-state index contributed by atoms with van der Waals surface area (Å²) in [7, 11) is 1.81. The first-order valence-electron chi connectivity index (χ1n) is 6.67. The summed E-state index contributed by atoms with van der Waals surface area (Å²) in [4.78, 5) is 19.9. The average molecular weight is 273 g/mol. The molecule has 1 amide bonds. The van der Waals surface area contributed by atoms with Crippen molar-refractivity contribution in [3.63, 3.8) is 0 Å². The Morgan fingerprint density at radius 1 is 1.35 bits per heavy atom. The Hall–Kier alpha value is -2.37. The van der Waals surface area contributed by atoms with Gasteiger partial charge in [-0.2, -0.15) is 0 Å². The number of amides is 1. The number of nitrogens with one attached hydrogen (secondary N) is 2. The van der Waals surface area contributed by atoms with E-state index in [9.17, 15) is 4.79 Å². The summed E-state index contributed by atoms with van der Waals surface area (Å²) in [5, 5.41) is 5.86. The van der Waals surface area contributed by atoms with E-state index in [2.05, 4.69) is 20.6 Å². The minimum atomic E-state index is -0.135. The van der Waals surface area contributed by atoms with Crippen molar-refractivity contribution in [3.05, 3.63) is 42.7 Å². The summed E-state index contributed by atoms with van der Waals surface area (Å²) in [5.41, 5.74) is 1.32. The monoisotopic (exact) mass is 273 g/mol. The zero-order chi connectivity index (χ0) is 14.2. The summed E-state index contributed by atoms with van der Waals surface area (Å²) in [6.45, 7) is 1.57. The largest absolute Gasteiger partial charge is 0.388 e. The normalized spacial score (nSPS) is 10.2. The fourth-order valence-electron chi connectivity index (χ4n) is 1.84. The zero-order valence-electron chi connectivity index (χ0n) is 11.5. The zero-order valence-corrected chi connectivity index (χ0v) is 11.5. The quantitative estimate of drug-likeness (QED) is 0.750. The van der Waals surface area contributed by atoms with Gasteiger partial charge in [0.05, 0.1) is 6.33 Å². The number of hydrogen-bond acceptors (Lipinski definition) is 4. The second-order valence-corrected chi connectivity index (χ2v) is 4.44. The lowest BCUT2D eigenvalue weighted by Gasteiger charge is -2.06. The smallest absolute Gasteiger partial charge is 0.269 e. The van der Waals surface area contributed by atoms with Crippen LogP contribution in [0.5, 0.6) is 0 Å². The van der Waals surface area contributed by atoms with Gasteiger partial charge in [-0.05, 0) is 25.0 Å². The van der Waals surface area contributed by atoms with Crippen LogP contribution in [0.1, 0.15) is 23.3 Å². The van der Waals surface area contributed by atoms with E-state index in [1.54, 1.807) is 24.8 Å². The molecule has 0 bridgehead atoms. The van der Waals surface area contributed by atoms with Crippen LogP contribution in [-0.2, 0) is 6.54 Å². The van der Waals surface area contributed by atoms with Gasteiger partial charge in [0.2, 0.25) is 0 Å². The van der Waals surface area contributed by atoms with Gasteiger partial charge in [0, 0.05) is 44.4 Å². The molecule has 0 aromatic carbocycles. The Morgan fingerprint density at radius 2 is 2.25 bits per heavy atom. The van der Waals surface area contributed by atoms with Gasteiger partial charge in [-0.1, -0.05) is 0 Å². The molecule has 2 rings (SSSR count). The Balaban J connectivity index is 1.69. The van der Waals surface area contributed by atoms with Crippen LogP contribution in [0.3, 0.4) is 0 Å². The molecule has 0 unspecified atom stereocenters. The molecule has 2 aromatic heterocycles. The summed E-state index contributed by atoms with van der Waals surface area (Å²) < 4.78 is 2.03. The molecule has 0 radical (unpaired) electrons. The van der Waals surface area contributed by atoms with Crippen LogP contribution in [0.15, 0.2) is 37.1 Å². The molecule has 6 nitrogen and oxygen atoms in total. The number of carbonyl (C=O) groups excluding carboxylic acids is 1. The second-order valence-electron chi connectivity index (χ2n) is 4.44. The van der Waals surface area contributed by atoms with E-state index in [-0.39, 0.29) is 5.91 Å². The first-order chi connectivity index (χ1) is 9.79. The van der Waals surface area contributed by atoms with Crippen LogP contribution < -0.4 is 10.6 Å². The summed E-state index contributed by atoms with van der Waals surface area (Å²) in [6.07, 6.45) is 9.05. The number of nitrogens with zero attached hydrogens (tertiary/aromatic N) is 3. The number of imidazole rings is 1. The third-order valence-electron chi connectivity index (χ3n) is 2.97. The highest BCUT2D eigenvalue weighted by Gasteiger charge is 2.06. The van der Waals surface area contributed by atoms with E-state index in [4.69, 9.17) is 0 Å². The lowest BCUT2D eigenvalue weighted by atomic mass is 10.2. The molecule has 2 N–H and O–H groups in total. The van der Waals surface area contributed by atoms with Crippen LogP contribution >= 0.6 is 0 Å². The number of pyridine rings is 1. The molecular weight excluding hydrogens is 254 g/mol. The SMILES string of the molecule is CNc1ccnc(C(=O)NCCCCn2ccnc2)c1. The van der Waals surface area contributed by atoms with Gasteiger partial charge in [0.25, 0.3) is 5.91 Å². The fraction of sp³-hybridized carbons (Fsp3) is 0.357. The molecule has 0 aliphatic carbocycles. The average Bonchev–Trinajstić information content (AvgIpc) is 3.00. The summed E-state index contributed by atoms with van der Waals surface area (Å²) in [5.74, 6) is -0.135. The van der Waals surface area contributed by atoms with Crippen molar-refractivity contribution in [1.82, 2.24) is 19.9 Å². The number of aromatic nitrogens is 3. The van der Waals surface area contributed by atoms with Crippen molar-refractivity contribution in [2.24, 2.45) is 0 Å². The van der Waals surface area contributed by atoms with Crippen LogP contribution in [-0.4, -0.2) is 34.0 Å². The Morgan fingerprint density at radius 3 is 3.00 bits per heavy atom. The van der Waals surface area contributed by atoms with Crippen LogP contribution in [0, 0.1) is 0 Å². The number of aryl methyl sites for hydroxylation is 1. The van der Waals surface area contributed by atoms with Crippen LogP contribution in [0.25, 0.3) is 0 Å². The molecule has 0 atom stereocenters. The predicted octanol–water partition coefficient (Wildman–Crippen LogP) is 1.53. The third-order valence-corrected chi connectivity index (χ3v) is 2.97. The van der Waals surface area contributed by atoms with Gasteiger partial charge in [-0.25, -0.2) is 4.98 Å². The van der Waals surface area contributed by atoms with Gasteiger partial charge in [-0.3, -0.25) is 9.78 Å². The molecule has 20 heavy (non-hydrogen) atoms. The van der Waals surface area contributed by atoms with E-state index in [1.165, 1.54) is 0 Å². The second kappa shape index (κ2) is 7.28. The van der Waals surface area contributed by atoms with Crippen LogP contribution in [0.2, 0.25) is 0 Å². The molecule has 2 heterocycles. The Bertz CT molecular complexity index is 538. The van der Waals surface area contributed by atoms with E-state index in [0.717, 1.165) is 25.1 Å². The molecule has 0 aliphatic heterocycles. The van der Waals surface area contributed by atoms with Crippen molar-refractivity contribution in [2.75, 3.05) is 18.9 Å². The third kappa shape index (κ3) is 4.08. The molecule has 0 saturated carbocycles. The predicted molar refractivity (Wildman–Crippen MR) is 77.6 cm³/mol. The van der Waals surface area contributed by atoms with Gasteiger partial charge in [0.1, 0.15) is 5.69 Å². The number of hydrogen-bond donors (Lipinski definition) is 2. The molecule has 106 valence electrons. The van der Waals surface area contributed by atoms with Crippen molar-refractivity contribution in [3.8, 4) is 0 Å². The van der Waals surface area contributed by atoms with Gasteiger partial charge in [-0.15, -0.1) is 0 Å². The lowest BCUT2D eigenvalue weighted by Crippen LogP contribution is -2.25. The topological polar surface area (TPSA) is 71.8 Å². The minimum Gasteiger partial charge on any atom is -0.388 e. The lowest BCUT2D eigenvalue weighted by molar-refractivity contribution is 0.0948. The maximum atomic E-state index is 11.9.